The van der Waals surface area contributed by atoms with Crippen molar-refractivity contribution in [1.82, 2.24) is 24.3 Å². The Balaban J connectivity index is 1.24. The fourth-order valence-electron chi connectivity index (χ4n) is 5.36. The molecule has 1 aliphatic rings. The maximum Gasteiger partial charge on any atom is 0.393 e. The second-order valence-corrected chi connectivity index (χ2v) is 11.7. The molecular weight excluding hydrogens is 551 g/mol. The zero-order valence-electron chi connectivity index (χ0n) is 23.3. The van der Waals surface area contributed by atoms with Gasteiger partial charge in [0.05, 0.1) is 11.8 Å². The number of hydrogen-bond donors (Lipinski definition) is 1. The number of hydrogen-bond acceptors (Lipinski definition) is 7. The number of amides is 1. The Bertz CT molecular complexity index is 1610. The van der Waals surface area contributed by atoms with Gasteiger partial charge in [0, 0.05) is 55.0 Å². The van der Waals surface area contributed by atoms with E-state index in [0.29, 0.717) is 28.3 Å². The first-order valence-electron chi connectivity index (χ1n) is 13.6. The van der Waals surface area contributed by atoms with Crippen LogP contribution in [0.1, 0.15) is 41.5 Å². The number of carbonyl (C=O) groups is 1. The van der Waals surface area contributed by atoms with Crippen molar-refractivity contribution in [3.05, 3.63) is 52.3 Å². The molecule has 0 radical (unpaired) electrons. The Labute approximate surface area is 240 Å². The van der Waals surface area contributed by atoms with Gasteiger partial charge in [-0.25, -0.2) is 9.97 Å². The van der Waals surface area contributed by atoms with E-state index in [-0.39, 0.29) is 23.4 Å². The maximum absolute atomic E-state index is 12.9. The Morgan fingerprint density at radius 2 is 1.98 bits per heavy atom. The summed E-state index contributed by atoms with van der Waals surface area (Å²) in [4.78, 5) is 25.9. The van der Waals surface area contributed by atoms with Crippen molar-refractivity contribution in [3.63, 3.8) is 0 Å². The molecule has 0 atom stereocenters. The monoisotopic (exact) mass is 583 g/mol. The SMILES string of the molecule is CCN(C)C(=O)Cn1c(C#N)cc2c(C)c(CN3CCC(Nc4ncnc5sc(CC(F)(F)F)cc45)CC3)ccc21. The van der Waals surface area contributed by atoms with Gasteiger partial charge in [0.2, 0.25) is 5.91 Å². The minimum atomic E-state index is -4.26. The number of nitriles is 1. The number of rotatable bonds is 8. The predicted octanol–water partition coefficient (Wildman–Crippen LogP) is 5.49. The quantitative estimate of drug-likeness (QED) is 0.295. The topological polar surface area (TPSA) is 90.1 Å². The molecule has 4 aromatic rings. The lowest BCUT2D eigenvalue weighted by molar-refractivity contribution is -0.130. The molecule has 5 rings (SSSR count). The number of carbonyl (C=O) groups excluding carboxylic acids is 1. The molecule has 0 unspecified atom stereocenters. The van der Waals surface area contributed by atoms with Crippen molar-refractivity contribution in [2.45, 2.75) is 58.4 Å². The molecular formula is C29H32F3N7OS. The summed E-state index contributed by atoms with van der Waals surface area (Å²) in [5.41, 5.74) is 3.63. The number of aromatic nitrogens is 3. The number of fused-ring (bicyclic) bond motifs is 2. The molecule has 1 aromatic carbocycles. The van der Waals surface area contributed by atoms with E-state index in [9.17, 15) is 23.2 Å². The molecule has 8 nitrogen and oxygen atoms in total. The molecule has 0 saturated carbocycles. The number of likely N-dealkylation sites (tertiary alicyclic amines) is 1. The first kappa shape index (κ1) is 28.8. The summed E-state index contributed by atoms with van der Waals surface area (Å²) in [5.74, 6) is 0.545. The zero-order valence-corrected chi connectivity index (χ0v) is 24.1. The van der Waals surface area contributed by atoms with Crippen molar-refractivity contribution in [2.24, 2.45) is 0 Å². The molecule has 216 valence electrons. The van der Waals surface area contributed by atoms with Crippen molar-refractivity contribution in [3.8, 4) is 6.07 Å². The minimum Gasteiger partial charge on any atom is -0.367 e. The van der Waals surface area contributed by atoms with E-state index >= 15 is 0 Å². The van der Waals surface area contributed by atoms with Gasteiger partial charge in [-0.3, -0.25) is 9.69 Å². The average molecular weight is 584 g/mol. The highest BCUT2D eigenvalue weighted by molar-refractivity contribution is 7.18. The van der Waals surface area contributed by atoms with Gasteiger partial charge in [-0.05, 0) is 56.0 Å². The molecule has 0 aliphatic carbocycles. The number of anilines is 1. The predicted molar refractivity (Wildman–Crippen MR) is 154 cm³/mol. The number of piperidine rings is 1. The number of thiophene rings is 1. The molecule has 1 amide bonds. The van der Waals surface area contributed by atoms with E-state index in [1.54, 1.807) is 22.6 Å². The lowest BCUT2D eigenvalue weighted by atomic mass is 10.0. The Hall–Kier alpha value is -3.69. The van der Waals surface area contributed by atoms with Gasteiger partial charge in [-0.1, -0.05) is 6.07 Å². The van der Waals surface area contributed by atoms with Gasteiger partial charge in [-0.15, -0.1) is 11.3 Å². The van der Waals surface area contributed by atoms with Crippen molar-refractivity contribution in [2.75, 3.05) is 32.0 Å². The van der Waals surface area contributed by atoms with Crippen LogP contribution in [0.3, 0.4) is 0 Å². The number of likely N-dealkylation sites (N-methyl/N-ethyl adjacent to an activating group) is 1. The second-order valence-electron chi connectivity index (χ2n) is 10.6. The van der Waals surface area contributed by atoms with Gasteiger partial charge in [0.15, 0.2) is 0 Å². The van der Waals surface area contributed by atoms with Gasteiger partial charge in [-0.2, -0.15) is 18.4 Å². The standard InChI is InChI=1S/C29H32F3N7OS/c1-4-37(3)26(40)16-39-21(14-33)11-23-18(2)19(5-6-25(23)39)15-38-9-7-20(8-10-38)36-27-24-12-22(13-29(30,31)32)41-28(24)35-17-34-27/h5-6,11-12,17,20H,4,7-10,13,15-16H2,1-3H3,(H,34,35,36). The van der Waals surface area contributed by atoms with Crippen LogP contribution in [0.4, 0.5) is 19.0 Å². The number of halogens is 3. The van der Waals surface area contributed by atoms with E-state index in [1.807, 2.05) is 19.1 Å². The van der Waals surface area contributed by atoms with E-state index in [4.69, 9.17) is 0 Å². The normalized spacial score (nSPS) is 15.0. The summed E-state index contributed by atoms with van der Waals surface area (Å²) in [5, 5.41) is 14.8. The molecule has 3 aromatic heterocycles. The van der Waals surface area contributed by atoms with Crippen LogP contribution in [-0.4, -0.2) is 69.1 Å². The van der Waals surface area contributed by atoms with Crippen LogP contribution >= 0.6 is 11.3 Å². The van der Waals surface area contributed by atoms with E-state index in [1.165, 1.54) is 11.9 Å². The fourth-order valence-corrected chi connectivity index (χ4v) is 6.39. The summed E-state index contributed by atoms with van der Waals surface area (Å²) in [6.45, 7) is 7.19. The van der Waals surface area contributed by atoms with Crippen LogP contribution in [0.15, 0.2) is 30.6 Å². The van der Waals surface area contributed by atoms with Crippen LogP contribution < -0.4 is 5.32 Å². The van der Waals surface area contributed by atoms with Crippen LogP contribution in [0.5, 0.6) is 0 Å². The average Bonchev–Trinajstić information content (AvgIpc) is 3.51. The lowest BCUT2D eigenvalue weighted by Gasteiger charge is -2.33. The molecule has 1 saturated heterocycles. The van der Waals surface area contributed by atoms with Crippen molar-refractivity contribution >= 4 is 44.2 Å². The lowest BCUT2D eigenvalue weighted by Crippen LogP contribution is -2.39. The zero-order chi connectivity index (χ0) is 29.3. The molecule has 1 fully saturated rings. The number of alkyl halides is 3. The molecule has 41 heavy (non-hydrogen) atoms. The van der Waals surface area contributed by atoms with Gasteiger partial charge >= 0.3 is 6.18 Å². The Morgan fingerprint density at radius 3 is 2.66 bits per heavy atom. The van der Waals surface area contributed by atoms with Crippen LogP contribution in [0.2, 0.25) is 0 Å². The summed E-state index contributed by atoms with van der Waals surface area (Å²) < 4.78 is 40.4. The highest BCUT2D eigenvalue weighted by Gasteiger charge is 2.29. The summed E-state index contributed by atoms with van der Waals surface area (Å²) in [6.07, 6.45) is -2.09. The maximum atomic E-state index is 12.9. The second kappa shape index (κ2) is 11.7. The van der Waals surface area contributed by atoms with Crippen molar-refractivity contribution < 1.29 is 18.0 Å². The van der Waals surface area contributed by atoms with E-state index < -0.39 is 12.6 Å². The van der Waals surface area contributed by atoms with Crippen molar-refractivity contribution in [1.29, 1.82) is 5.26 Å². The van der Waals surface area contributed by atoms with Crippen LogP contribution in [-0.2, 0) is 24.3 Å². The minimum absolute atomic E-state index is 0.0387. The molecule has 12 heteroatoms. The Kier molecular flexibility index (Phi) is 8.20. The van der Waals surface area contributed by atoms with Gasteiger partial charge in [0.25, 0.3) is 0 Å². The van der Waals surface area contributed by atoms with Gasteiger partial charge in [0.1, 0.15) is 35.3 Å². The number of nitrogens with one attached hydrogen (secondary N) is 1. The molecule has 0 spiro atoms. The number of nitrogens with zero attached hydrogens (tertiary/aromatic N) is 6. The Morgan fingerprint density at radius 1 is 1.22 bits per heavy atom. The molecule has 0 bridgehead atoms. The number of benzene rings is 1. The highest BCUT2D eigenvalue weighted by Crippen LogP contribution is 2.33. The first-order valence-corrected chi connectivity index (χ1v) is 14.4. The largest absolute Gasteiger partial charge is 0.393 e. The van der Waals surface area contributed by atoms with Crippen LogP contribution in [0.25, 0.3) is 21.1 Å². The highest BCUT2D eigenvalue weighted by atomic mass is 32.1. The van der Waals surface area contributed by atoms with E-state index in [2.05, 4.69) is 39.2 Å². The molecule has 1 aliphatic heterocycles. The summed E-state index contributed by atoms with van der Waals surface area (Å²) in [6, 6.07) is 9.90. The number of aryl methyl sites for hydroxylation is 1. The van der Waals surface area contributed by atoms with Gasteiger partial charge < -0.3 is 14.8 Å². The fraction of sp³-hybridized carbons (Fsp3) is 0.448. The summed E-state index contributed by atoms with van der Waals surface area (Å²) in [7, 11) is 1.76. The molecule has 1 N–H and O–H groups in total. The van der Waals surface area contributed by atoms with Crippen LogP contribution in [0, 0.1) is 18.3 Å². The summed E-state index contributed by atoms with van der Waals surface area (Å²) >= 11 is 1.06. The third kappa shape index (κ3) is 6.31. The van der Waals surface area contributed by atoms with E-state index in [0.717, 1.165) is 60.3 Å². The third-order valence-electron chi connectivity index (χ3n) is 7.85. The smallest absolute Gasteiger partial charge is 0.367 e. The third-order valence-corrected chi connectivity index (χ3v) is 8.90. The molecule has 4 heterocycles. The first-order chi connectivity index (χ1) is 19.6.